The number of piperidine rings is 1. The zero-order chi connectivity index (χ0) is 23.0. The molecule has 0 saturated carbocycles. The molecule has 0 unspecified atom stereocenters. The summed E-state index contributed by atoms with van der Waals surface area (Å²) in [4.78, 5) is 11.7. The van der Waals surface area contributed by atoms with Crippen molar-refractivity contribution in [2.24, 2.45) is 0 Å². The van der Waals surface area contributed by atoms with Gasteiger partial charge in [-0.25, -0.2) is 9.97 Å². The molecule has 3 aromatic rings. The van der Waals surface area contributed by atoms with E-state index in [1.807, 2.05) is 12.1 Å². The number of rotatable bonds is 9. The fourth-order valence-electron chi connectivity index (χ4n) is 4.36. The van der Waals surface area contributed by atoms with E-state index in [0.29, 0.717) is 23.6 Å². The van der Waals surface area contributed by atoms with Crippen LogP contribution in [0.1, 0.15) is 30.9 Å². The normalized spacial score (nSPS) is 14.5. The molecule has 4 rings (SSSR count). The van der Waals surface area contributed by atoms with Gasteiger partial charge in [-0.05, 0) is 74.3 Å². The van der Waals surface area contributed by atoms with E-state index in [2.05, 4.69) is 51.7 Å². The maximum Gasteiger partial charge on any atom is 0.223 e. The third kappa shape index (κ3) is 6.44. The van der Waals surface area contributed by atoms with Gasteiger partial charge >= 0.3 is 0 Å². The molecule has 2 heterocycles. The number of hydrogen-bond donors (Lipinski definition) is 3. The Morgan fingerprint density at radius 2 is 1.97 bits per heavy atom. The van der Waals surface area contributed by atoms with E-state index in [-0.39, 0.29) is 5.75 Å². The molecule has 174 valence electrons. The summed E-state index contributed by atoms with van der Waals surface area (Å²) >= 11 is 5.99. The van der Waals surface area contributed by atoms with Crippen molar-refractivity contribution >= 4 is 17.5 Å². The predicted molar refractivity (Wildman–Crippen MR) is 135 cm³/mol. The largest absolute Gasteiger partial charge is 0.506 e. The van der Waals surface area contributed by atoms with Crippen molar-refractivity contribution < 1.29 is 5.11 Å². The van der Waals surface area contributed by atoms with Gasteiger partial charge in [0, 0.05) is 30.9 Å². The number of anilines is 1. The summed E-state index contributed by atoms with van der Waals surface area (Å²) in [7, 11) is 0. The SMILES string of the molecule is CCN(Cc1cccc(-c2ccnc(NCCc3ccc(O)c(Cl)c3)n2)c1)C1CCNCC1. The van der Waals surface area contributed by atoms with Crippen molar-refractivity contribution in [3.05, 3.63) is 70.9 Å². The zero-order valence-electron chi connectivity index (χ0n) is 19.1. The number of aromatic hydroxyl groups is 1. The predicted octanol–water partition coefficient (Wildman–Crippen LogP) is 4.73. The molecule has 1 aliphatic rings. The molecule has 33 heavy (non-hydrogen) atoms. The lowest BCUT2D eigenvalue weighted by molar-refractivity contribution is 0.162. The average molecular weight is 466 g/mol. The van der Waals surface area contributed by atoms with Gasteiger partial charge in [0.05, 0.1) is 10.7 Å². The molecule has 0 atom stereocenters. The van der Waals surface area contributed by atoms with Crippen LogP contribution in [0.4, 0.5) is 5.95 Å². The molecular weight excluding hydrogens is 434 g/mol. The second-order valence-electron chi connectivity index (χ2n) is 8.47. The van der Waals surface area contributed by atoms with Gasteiger partial charge in [-0.2, -0.15) is 0 Å². The van der Waals surface area contributed by atoms with Crippen LogP contribution < -0.4 is 10.6 Å². The molecule has 3 N–H and O–H groups in total. The van der Waals surface area contributed by atoms with E-state index >= 15 is 0 Å². The number of phenolic OH excluding ortho intramolecular Hbond substituents is 1. The summed E-state index contributed by atoms with van der Waals surface area (Å²) in [6, 6.07) is 16.5. The van der Waals surface area contributed by atoms with Gasteiger partial charge in [0.15, 0.2) is 0 Å². The quantitative estimate of drug-likeness (QED) is 0.424. The zero-order valence-corrected chi connectivity index (χ0v) is 19.9. The van der Waals surface area contributed by atoms with Crippen LogP contribution in [0.3, 0.4) is 0 Å². The van der Waals surface area contributed by atoms with Crippen molar-refractivity contribution in [1.82, 2.24) is 20.2 Å². The molecule has 7 heteroatoms. The highest BCUT2D eigenvalue weighted by Crippen LogP contribution is 2.24. The van der Waals surface area contributed by atoms with Gasteiger partial charge in [0.1, 0.15) is 5.75 Å². The lowest BCUT2D eigenvalue weighted by Gasteiger charge is -2.34. The number of aromatic nitrogens is 2. The van der Waals surface area contributed by atoms with Gasteiger partial charge < -0.3 is 15.7 Å². The third-order valence-electron chi connectivity index (χ3n) is 6.20. The molecule has 2 aromatic carbocycles. The van der Waals surface area contributed by atoms with Crippen LogP contribution in [-0.4, -0.2) is 52.2 Å². The van der Waals surface area contributed by atoms with Crippen LogP contribution in [0, 0.1) is 0 Å². The molecule has 0 radical (unpaired) electrons. The second-order valence-corrected chi connectivity index (χ2v) is 8.88. The second kappa shape index (κ2) is 11.5. The maximum absolute atomic E-state index is 9.56. The average Bonchev–Trinajstić information content (AvgIpc) is 2.86. The molecular formula is C26H32ClN5O. The number of halogens is 1. The van der Waals surface area contributed by atoms with Crippen molar-refractivity contribution in [3.8, 4) is 17.0 Å². The summed E-state index contributed by atoms with van der Waals surface area (Å²) in [6.07, 6.45) is 4.98. The van der Waals surface area contributed by atoms with E-state index in [0.717, 1.165) is 49.4 Å². The topological polar surface area (TPSA) is 73.3 Å². The van der Waals surface area contributed by atoms with Crippen molar-refractivity contribution in [2.45, 2.75) is 38.8 Å². The molecule has 6 nitrogen and oxygen atoms in total. The Labute approximate surface area is 201 Å². The first-order valence-corrected chi connectivity index (χ1v) is 12.1. The van der Waals surface area contributed by atoms with E-state index < -0.39 is 0 Å². The molecule has 1 aliphatic heterocycles. The molecule has 1 fully saturated rings. The monoisotopic (exact) mass is 465 g/mol. The Balaban J connectivity index is 1.39. The minimum Gasteiger partial charge on any atom is -0.506 e. The highest BCUT2D eigenvalue weighted by molar-refractivity contribution is 6.32. The van der Waals surface area contributed by atoms with Gasteiger partial charge in [-0.1, -0.05) is 42.8 Å². The maximum atomic E-state index is 9.56. The first kappa shape index (κ1) is 23.5. The Kier molecular flexibility index (Phi) is 8.15. The van der Waals surface area contributed by atoms with Crippen LogP contribution in [0.2, 0.25) is 5.02 Å². The van der Waals surface area contributed by atoms with E-state index in [1.165, 1.54) is 18.4 Å². The summed E-state index contributed by atoms with van der Waals surface area (Å²) in [5, 5.41) is 16.7. The van der Waals surface area contributed by atoms with Crippen molar-refractivity contribution in [1.29, 1.82) is 0 Å². The number of hydrogen-bond acceptors (Lipinski definition) is 6. The summed E-state index contributed by atoms with van der Waals surface area (Å²) in [5.74, 6) is 0.706. The smallest absolute Gasteiger partial charge is 0.223 e. The number of phenols is 1. The Morgan fingerprint density at radius 3 is 2.76 bits per heavy atom. The van der Waals surface area contributed by atoms with Gasteiger partial charge in [0.2, 0.25) is 5.95 Å². The van der Waals surface area contributed by atoms with E-state index in [4.69, 9.17) is 16.6 Å². The van der Waals surface area contributed by atoms with Gasteiger partial charge in [-0.3, -0.25) is 4.90 Å². The number of nitrogens with zero attached hydrogens (tertiary/aromatic N) is 3. The molecule has 1 saturated heterocycles. The van der Waals surface area contributed by atoms with Gasteiger partial charge in [-0.15, -0.1) is 0 Å². The lowest BCUT2D eigenvalue weighted by atomic mass is 10.0. The Hall–Kier alpha value is -2.67. The van der Waals surface area contributed by atoms with Crippen LogP contribution in [0.15, 0.2) is 54.7 Å². The fraction of sp³-hybridized carbons (Fsp3) is 0.385. The molecule has 0 spiro atoms. The molecule has 0 bridgehead atoms. The highest BCUT2D eigenvalue weighted by Gasteiger charge is 2.19. The number of nitrogens with one attached hydrogen (secondary N) is 2. The fourth-order valence-corrected chi connectivity index (χ4v) is 4.57. The van der Waals surface area contributed by atoms with Crippen molar-refractivity contribution in [2.75, 3.05) is 31.5 Å². The molecule has 1 aromatic heterocycles. The lowest BCUT2D eigenvalue weighted by Crippen LogP contribution is -2.42. The summed E-state index contributed by atoms with van der Waals surface area (Å²) in [6.45, 7) is 7.16. The van der Waals surface area contributed by atoms with Crippen LogP contribution in [0.5, 0.6) is 5.75 Å². The Morgan fingerprint density at radius 1 is 1.12 bits per heavy atom. The van der Waals surface area contributed by atoms with Crippen molar-refractivity contribution in [3.63, 3.8) is 0 Å². The summed E-state index contributed by atoms with van der Waals surface area (Å²) < 4.78 is 0. The third-order valence-corrected chi connectivity index (χ3v) is 6.51. The highest BCUT2D eigenvalue weighted by atomic mass is 35.5. The summed E-state index contributed by atoms with van der Waals surface area (Å²) in [5.41, 5.74) is 4.37. The molecule has 0 amide bonds. The number of benzene rings is 2. The Bertz CT molecular complexity index is 1050. The van der Waals surface area contributed by atoms with Gasteiger partial charge in [0.25, 0.3) is 0 Å². The van der Waals surface area contributed by atoms with Crippen LogP contribution >= 0.6 is 11.6 Å². The minimum atomic E-state index is 0.101. The first-order valence-electron chi connectivity index (χ1n) is 11.7. The minimum absolute atomic E-state index is 0.101. The van der Waals surface area contributed by atoms with Crippen LogP contribution in [0.25, 0.3) is 11.3 Å². The van der Waals surface area contributed by atoms with E-state index in [1.54, 1.807) is 18.3 Å². The molecule has 0 aliphatic carbocycles. The van der Waals surface area contributed by atoms with E-state index in [9.17, 15) is 5.11 Å². The standard InChI is InChI=1S/C26H32ClN5O/c1-2-32(22-9-12-28-13-10-22)18-20-4-3-5-21(16-20)24-11-15-30-26(31-24)29-14-8-19-6-7-25(33)23(27)17-19/h3-7,11,15-17,22,28,33H,2,8-10,12-14,18H2,1H3,(H,29,30,31). The first-order chi connectivity index (χ1) is 16.1. The van der Waals surface area contributed by atoms with Crippen LogP contribution in [-0.2, 0) is 13.0 Å².